The maximum absolute atomic E-state index is 11.9. The Kier molecular flexibility index (Phi) is 3.27. The fourth-order valence-corrected chi connectivity index (χ4v) is 2.28. The number of fused-ring (bicyclic) bond motifs is 1. The van der Waals surface area contributed by atoms with Gasteiger partial charge in [-0.3, -0.25) is 4.79 Å². The van der Waals surface area contributed by atoms with E-state index < -0.39 is 0 Å². The van der Waals surface area contributed by atoms with Crippen molar-refractivity contribution in [3.8, 4) is 5.88 Å². The Balaban J connectivity index is 1.73. The van der Waals surface area contributed by atoms with E-state index in [9.17, 15) is 4.79 Å². The Morgan fingerprint density at radius 2 is 2.00 bits per heavy atom. The molecule has 1 saturated heterocycles. The van der Waals surface area contributed by atoms with Crippen LogP contribution in [0.5, 0.6) is 5.88 Å². The van der Waals surface area contributed by atoms with Gasteiger partial charge in [0, 0.05) is 13.1 Å². The molecule has 2 aromatic rings. The van der Waals surface area contributed by atoms with E-state index in [0.717, 1.165) is 36.8 Å². The Labute approximate surface area is 111 Å². The van der Waals surface area contributed by atoms with Gasteiger partial charge in [-0.05, 0) is 25.0 Å². The Bertz CT molecular complexity index is 589. The Hall–Kier alpha value is -2.17. The van der Waals surface area contributed by atoms with E-state index in [-0.39, 0.29) is 12.5 Å². The zero-order valence-corrected chi connectivity index (χ0v) is 10.6. The lowest BCUT2D eigenvalue weighted by atomic mass is 10.2. The van der Waals surface area contributed by atoms with Crippen molar-refractivity contribution < 1.29 is 9.53 Å². The van der Waals surface area contributed by atoms with Crippen molar-refractivity contribution in [3.63, 3.8) is 0 Å². The highest BCUT2D eigenvalue weighted by molar-refractivity contribution is 5.84. The number of benzene rings is 1. The van der Waals surface area contributed by atoms with Gasteiger partial charge in [0.2, 0.25) is 5.88 Å². The number of nitrogens with zero attached hydrogens (tertiary/aromatic N) is 3. The first-order valence-electron chi connectivity index (χ1n) is 6.45. The summed E-state index contributed by atoms with van der Waals surface area (Å²) in [6, 6.07) is 7.60. The van der Waals surface area contributed by atoms with Crippen LogP contribution in [0, 0.1) is 0 Å². The van der Waals surface area contributed by atoms with Crippen molar-refractivity contribution >= 4 is 16.8 Å². The first-order valence-corrected chi connectivity index (χ1v) is 6.45. The van der Waals surface area contributed by atoms with Gasteiger partial charge in [0.25, 0.3) is 5.91 Å². The third-order valence-corrected chi connectivity index (χ3v) is 3.30. The van der Waals surface area contributed by atoms with Crippen molar-refractivity contribution in [2.24, 2.45) is 0 Å². The van der Waals surface area contributed by atoms with Gasteiger partial charge in [-0.2, -0.15) is 0 Å². The fourth-order valence-electron chi connectivity index (χ4n) is 2.28. The molecular formula is C14H15N3O2. The monoisotopic (exact) mass is 257 g/mol. The summed E-state index contributed by atoms with van der Waals surface area (Å²) >= 11 is 0. The number of aromatic nitrogens is 2. The molecule has 0 bridgehead atoms. The van der Waals surface area contributed by atoms with E-state index in [0.29, 0.717) is 5.88 Å². The smallest absolute Gasteiger partial charge is 0.260 e. The minimum absolute atomic E-state index is 0.0280. The summed E-state index contributed by atoms with van der Waals surface area (Å²) in [6.45, 7) is 1.72. The van der Waals surface area contributed by atoms with Crippen LogP contribution in [-0.2, 0) is 4.79 Å². The average Bonchev–Trinajstić information content (AvgIpc) is 2.99. The van der Waals surface area contributed by atoms with Crippen molar-refractivity contribution in [1.82, 2.24) is 14.9 Å². The zero-order chi connectivity index (χ0) is 13.1. The lowest BCUT2D eigenvalue weighted by Gasteiger charge is -2.15. The lowest BCUT2D eigenvalue weighted by Crippen LogP contribution is -2.32. The zero-order valence-electron chi connectivity index (χ0n) is 10.6. The molecule has 0 aliphatic carbocycles. The van der Waals surface area contributed by atoms with Gasteiger partial charge in [-0.1, -0.05) is 12.1 Å². The quantitative estimate of drug-likeness (QED) is 0.838. The number of ether oxygens (including phenoxy) is 1. The summed E-state index contributed by atoms with van der Waals surface area (Å²) in [7, 11) is 0. The third-order valence-electron chi connectivity index (χ3n) is 3.30. The molecule has 5 heteroatoms. The predicted octanol–water partition coefficient (Wildman–Crippen LogP) is 1.63. The average molecular weight is 257 g/mol. The second-order valence-electron chi connectivity index (χ2n) is 4.57. The summed E-state index contributed by atoms with van der Waals surface area (Å²) in [6.07, 6.45) is 3.63. The first kappa shape index (κ1) is 11.9. The maximum atomic E-state index is 11.9. The first-order chi connectivity index (χ1) is 9.34. The molecule has 1 aliphatic rings. The molecule has 0 radical (unpaired) electrons. The van der Waals surface area contributed by atoms with Crippen LogP contribution in [0.25, 0.3) is 10.9 Å². The van der Waals surface area contributed by atoms with Gasteiger partial charge in [-0.15, -0.1) is 0 Å². The van der Waals surface area contributed by atoms with E-state index in [1.54, 1.807) is 0 Å². The lowest BCUT2D eigenvalue weighted by molar-refractivity contribution is -0.132. The van der Waals surface area contributed by atoms with Gasteiger partial charge < -0.3 is 9.64 Å². The van der Waals surface area contributed by atoms with E-state index in [2.05, 4.69) is 9.97 Å². The van der Waals surface area contributed by atoms with E-state index in [1.165, 1.54) is 6.33 Å². The molecule has 3 rings (SSSR count). The molecule has 0 saturated carbocycles. The fraction of sp³-hybridized carbons (Fsp3) is 0.357. The predicted molar refractivity (Wildman–Crippen MR) is 70.8 cm³/mol. The van der Waals surface area contributed by atoms with Gasteiger partial charge in [0.1, 0.15) is 6.33 Å². The number of para-hydroxylation sites is 1. The molecule has 1 aromatic heterocycles. The van der Waals surface area contributed by atoms with Crippen LogP contribution in [0.15, 0.2) is 30.6 Å². The maximum Gasteiger partial charge on any atom is 0.260 e. The van der Waals surface area contributed by atoms with Crippen molar-refractivity contribution in [2.75, 3.05) is 19.7 Å². The van der Waals surface area contributed by atoms with Crippen molar-refractivity contribution in [1.29, 1.82) is 0 Å². The van der Waals surface area contributed by atoms with Crippen LogP contribution in [0.4, 0.5) is 0 Å². The molecule has 5 nitrogen and oxygen atoms in total. The molecule has 0 N–H and O–H groups in total. The largest absolute Gasteiger partial charge is 0.467 e. The molecule has 0 unspecified atom stereocenters. The summed E-state index contributed by atoms with van der Waals surface area (Å²) in [5.74, 6) is 0.498. The van der Waals surface area contributed by atoms with Gasteiger partial charge in [-0.25, -0.2) is 9.97 Å². The Morgan fingerprint density at radius 1 is 1.21 bits per heavy atom. The highest BCUT2D eigenvalue weighted by Gasteiger charge is 2.18. The normalized spacial score (nSPS) is 14.8. The number of hydrogen-bond donors (Lipinski definition) is 0. The minimum Gasteiger partial charge on any atom is -0.467 e. The summed E-state index contributed by atoms with van der Waals surface area (Å²) in [5.41, 5.74) is 0.820. The number of likely N-dealkylation sites (tertiary alicyclic amines) is 1. The number of amides is 1. The van der Waals surface area contributed by atoms with E-state index >= 15 is 0 Å². The summed E-state index contributed by atoms with van der Waals surface area (Å²) in [5, 5.41) is 0.833. The van der Waals surface area contributed by atoms with Gasteiger partial charge in [0.05, 0.1) is 10.9 Å². The molecule has 2 heterocycles. The Morgan fingerprint density at radius 3 is 2.84 bits per heavy atom. The van der Waals surface area contributed by atoms with E-state index in [1.807, 2.05) is 29.2 Å². The number of rotatable bonds is 3. The summed E-state index contributed by atoms with van der Waals surface area (Å²) < 4.78 is 5.55. The standard InChI is InChI=1S/C14H15N3O2/c18-13(17-7-3-4-8-17)9-19-14-11-5-1-2-6-12(11)15-10-16-14/h1-2,5-6,10H,3-4,7-9H2. The van der Waals surface area contributed by atoms with Crippen LogP contribution < -0.4 is 4.74 Å². The number of carbonyl (C=O) groups is 1. The van der Waals surface area contributed by atoms with Crippen LogP contribution in [0.2, 0.25) is 0 Å². The molecule has 1 amide bonds. The highest BCUT2D eigenvalue weighted by Crippen LogP contribution is 2.20. The molecule has 98 valence electrons. The molecule has 0 atom stereocenters. The number of carbonyl (C=O) groups excluding carboxylic acids is 1. The van der Waals surface area contributed by atoms with Gasteiger partial charge >= 0.3 is 0 Å². The van der Waals surface area contributed by atoms with Crippen LogP contribution in [-0.4, -0.2) is 40.5 Å². The van der Waals surface area contributed by atoms with E-state index in [4.69, 9.17) is 4.74 Å². The van der Waals surface area contributed by atoms with Crippen molar-refractivity contribution in [3.05, 3.63) is 30.6 Å². The molecule has 1 aromatic carbocycles. The minimum atomic E-state index is 0.0280. The van der Waals surface area contributed by atoms with Crippen LogP contribution in [0.1, 0.15) is 12.8 Å². The second kappa shape index (κ2) is 5.22. The molecule has 1 aliphatic heterocycles. The SMILES string of the molecule is O=C(COc1ncnc2ccccc12)N1CCCC1. The molecule has 19 heavy (non-hydrogen) atoms. The third kappa shape index (κ3) is 2.50. The highest BCUT2D eigenvalue weighted by atomic mass is 16.5. The van der Waals surface area contributed by atoms with Crippen LogP contribution in [0.3, 0.4) is 0 Å². The second-order valence-corrected chi connectivity index (χ2v) is 4.57. The van der Waals surface area contributed by atoms with Gasteiger partial charge in [0.15, 0.2) is 6.61 Å². The molecular weight excluding hydrogens is 242 g/mol. The summed E-state index contributed by atoms with van der Waals surface area (Å²) in [4.78, 5) is 22.0. The molecule has 1 fully saturated rings. The van der Waals surface area contributed by atoms with Crippen LogP contribution >= 0.6 is 0 Å². The number of hydrogen-bond acceptors (Lipinski definition) is 4. The molecule has 0 spiro atoms. The topological polar surface area (TPSA) is 55.3 Å². The van der Waals surface area contributed by atoms with Crippen molar-refractivity contribution in [2.45, 2.75) is 12.8 Å².